The van der Waals surface area contributed by atoms with E-state index in [1.54, 1.807) is 24.4 Å². The summed E-state index contributed by atoms with van der Waals surface area (Å²) < 4.78 is 4.84. The summed E-state index contributed by atoms with van der Waals surface area (Å²) in [7, 11) is 0. The minimum absolute atomic E-state index is 0.144. The number of ketones is 1. The lowest BCUT2D eigenvalue weighted by atomic mass is 10.0. The highest BCUT2D eigenvalue weighted by Gasteiger charge is 2.20. The first kappa shape index (κ1) is 15.2. The Morgan fingerprint density at radius 3 is 2.62 bits per heavy atom. The van der Waals surface area contributed by atoms with Gasteiger partial charge in [0.2, 0.25) is 5.78 Å². The number of rotatable bonds is 5. The van der Waals surface area contributed by atoms with E-state index in [4.69, 9.17) is 4.74 Å². The van der Waals surface area contributed by atoms with E-state index >= 15 is 0 Å². The van der Waals surface area contributed by atoms with Gasteiger partial charge < -0.3 is 9.72 Å². The molecule has 2 rings (SSSR count). The van der Waals surface area contributed by atoms with E-state index in [9.17, 15) is 14.4 Å². The molecule has 0 unspecified atom stereocenters. The van der Waals surface area contributed by atoms with Crippen molar-refractivity contribution in [3.8, 4) is 0 Å². The lowest BCUT2D eigenvalue weighted by Crippen LogP contribution is -2.23. The normalized spacial score (nSPS) is 10.4. The number of pyridine rings is 1. The first-order chi connectivity index (χ1) is 10.1. The number of carbonyl (C=O) groups is 2. The Morgan fingerprint density at radius 1 is 1.29 bits per heavy atom. The molecule has 0 aromatic carbocycles. The quantitative estimate of drug-likeness (QED) is 0.680. The molecule has 0 amide bonds. The highest BCUT2D eigenvalue weighted by molar-refractivity contribution is 7.12. The van der Waals surface area contributed by atoms with Crippen LogP contribution in [0.4, 0.5) is 0 Å². The molecule has 0 saturated heterocycles. The molecule has 0 aliphatic heterocycles. The molecule has 2 heterocycles. The molecule has 0 spiro atoms. The predicted octanol–water partition coefficient (Wildman–Crippen LogP) is 2.41. The minimum atomic E-state index is -0.721. The van der Waals surface area contributed by atoms with Crippen LogP contribution in [0, 0.1) is 0 Å². The topological polar surface area (TPSA) is 76.2 Å². The first-order valence-corrected chi connectivity index (χ1v) is 7.48. The van der Waals surface area contributed by atoms with Crippen LogP contribution in [0.5, 0.6) is 0 Å². The van der Waals surface area contributed by atoms with Crippen molar-refractivity contribution >= 4 is 23.1 Å². The number of aromatic amines is 1. The minimum Gasteiger partial charge on any atom is -0.462 e. The van der Waals surface area contributed by atoms with Crippen LogP contribution in [0.2, 0.25) is 0 Å². The highest BCUT2D eigenvalue weighted by Crippen LogP contribution is 2.18. The number of aryl methyl sites for hydroxylation is 1. The molecular formula is C15H15NO4S. The zero-order chi connectivity index (χ0) is 15.4. The third-order valence-electron chi connectivity index (χ3n) is 2.96. The van der Waals surface area contributed by atoms with Crippen molar-refractivity contribution < 1.29 is 14.3 Å². The van der Waals surface area contributed by atoms with Crippen molar-refractivity contribution in [3.05, 3.63) is 55.6 Å². The van der Waals surface area contributed by atoms with Gasteiger partial charge in [0.15, 0.2) is 0 Å². The van der Waals surface area contributed by atoms with Gasteiger partial charge in [0.25, 0.3) is 5.56 Å². The largest absolute Gasteiger partial charge is 0.462 e. The third kappa shape index (κ3) is 3.11. The Bertz CT molecular complexity index is 716. The van der Waals surface area contributed by atoms with E-state index in [1.807, 2.05) is 6.92 Å². The fraction of sp³-hybridized carbons (Fsp3) is 0.267. The summed E-state index contributed by atoms with van der Waals surface area (Å²) in [5, 5.41) is 1.80. The maximum Gasteiger partial charge on any atom is 0.343 e. The van der Waals surface area contributed by atoms with E-state index in [-0.39, 0.29) is 18.0 Å². The molecule has 0 aliphatic rings. The van der Waals surface area contributed by atoms with Gasteiger partial charge >= 0.3 is 5.97 Å². The molecule has 5 nitrogen and oxygen atoms in total. The highest BCUT2D eigenvalue weighted by atomic mass is 32.1. The molecular weight excluding hydrogens is 290 g/mol. The van der Waals surface area contributed by atoms with E-state index in [0.29, 0.717) is 22.6 Å². The standard InChI is InChI=1S/C15H15NO4S/c1-3-11-9(13(17)12-6-5-7-21-12)8-10(14(18)16-11)15(19)20-4-2/h5-8H,3-4H2,1-2H3,(H,16,18). The lowest BCUT2D eigenvalue weighted by Gasteiger charge is -2.08. The van der Waals surface area contributed by atoms with Gasteiger partial charge in [0.1, 0.15) is 5.56 Å². The number of esters is 1. The fourth-order valence-electron chi connectivity index (χ4n) is 1.95. The summed E-state index contributed by atoms with van der Waals surface area (Å²) in [5.41, 5.74) is 0.177. The van der Waals surface area contributed by atoms with E-state index < -0.39 is 11.5 Å². The number of aromatic nitrogens is 1. The Balaban J connectivity index is 2.53. The third-order valence-corrected chi connectivity index (χ3v) is 3.83. The van der Waals surface area contributed by atoms with Crippen molar-refractivity contribution in [3.63, 3.8) is 0 Å². The predicted molar refractivity (Wildman–Crippen MR) is 80.1 cm³/mol. The van der Waals surface area contributed by atoms with Crippen LogP contribution in [-0.2, 0) is 11.2 Å². The summed E-state index contributed by atoms with van der Waals surface area (Å²) in [6.45, 7) is 3.66. The van der Waals surface area contributed by atoms with Crippen LogP contribution < -0.4 is 5.56 Å². The fourth-order valence-corrected chi connectivity index (χ4v) is 2.63. The van der Waals surface area contributed by atoms with Crippen LogP contribution in [0.15, 0.2) is 28.4 Å². The molecule has 0 radical (unpaired) electrons. The molecule has 0 fully saturated rings. The molecule has 0 aliphatic carbocycles. The summed E-state index contributed by atoms with van der Waals surface area (Å²) in [5.74, 6) is -0.926. The number of H-pyrrole nitrogens is 1. The second-order valence-electron chi connectivity index (χ2n) is 4.28. The zero-order valence-corrected chi connectivity index (χ0v) is 12.6. The average Bonchev–Trinajstić information content (AvgIpc) is 3.00. The van der Waals surface area contributed by atoms with Crippen molar-refractivity contribution in [2.75, 3.05) is 6.61 Å². The average molecular weight is 305 g/mol. The number of thiophene rings is 1. The van der Waals surface area contributed by atoms with Crippen molar-refractivity contribution in [2.45, 2.75) is 20.3 Å². The van der Waals surface area contributed by atoms with Gasteiger partial charge in [-0.25, -0.2) is 4.79 Å². The van der Waals surface area contributed by atoms with Gasteiger partial charge in [-0.05, 0) is 30.9 Å². The lowest BCUT2D eigenvalue weighted by molar-refractivity contribution is 0.0524. The van der Waals surface area contributed by atoms with Crippen LogP contribution in [0.25, 0.3) is 0 Å². The molecule has 21 heavy (non-hydrogen) atoms. The number of carbonyl (C=O) groups excluding carboxylic acids is 2. The van der Waals surface area contributed by atoms with Crippen LogP contribution in [-0.4, -0.2) is 23.3 Å². The number of hydrogen-bond donors (Lipinski definition) is 1. The summed E-state index contributed by atoms with van der Waals surface area (Å²) in [6.07, 6.45) is 0.491. The maximum absolute atomic E-state index is 12.5. The monoisotopic (exact) mass is 305 g/mol. The van der Waals surface area contributed by atoms with Crippen molar-refractivity contribution in [1.29, 1.82) is 0 Å². The molecule has 1 N–H and O–H groups in total. The number of ether oxygens (including phenoxy) is 1. The molecule has 110 valence electrons. The van der Waals surface area contributed by atoms with Gasteiger partial charge in [-0.2, -0.15) is 0 Å². The number of hydrogen-bond acceptors (Lipinski definition) is 5. The van der Waals surface area contributed by atoms with Crippen LogP contribution in [0.3, 0.4) is 0 Å². The van der Waals surface area contributed by atoms with E-state index in [0.717, 1.165) is 0 Å². The molecule has 2 aromatic rings. The molecule has 0 saturated carbocycles. The number of nitrogens with one attached hydrogen (secondary N) is 1. The van der Waals surface area contributed by atoms with Gasteiger partial charge in [0.05, 0.1) is 11.5 Å². The maximum atomic E-state index is 12.5. The second kappa shape index (κ2) is 6.49. The summed E-state index contributed by atoms with van der Waals surface area (Å²) in [6, 6.07) is 4.82. The van der Waals surface area contributed by atoms with Gasteiger partial charge in [-0.1, -0.05) is 13.0 Å². The van der Waals surface area contributed by atoms with Crippen LogP contribution in [0.1, 0.15) is 45.1 Å². The van der Waals surface area contributed by atoms with Crippen molar-refractivity contribution in [2.24, 2.45) is 0 Å². The molecule has 2 aromatic heterocycles. The van der Waals surface area contributed by atoms with E-state index in [1.165, 1.54) is 17.4 Å². The van der Waals surface area contributed by atoms with E-state index in [2.05, 4.69) is 4.98 Å². The summed E-state index contributed by atoms with van der Waals surface area (Å²) in [4.78, 5) is 39.3. The molecule has 0 bridgehead atoms. The Morgan fingerprint density at radius 2 is 2.05 bits per heavy atom. The van der Waals surface area contributed by atoms with Crippen LogP contribution >= 0.6 is 11.3 Å². The molecule has 6 heteroatoms. The van der Waals surface area contributed by atoms with Crippen molar-refractivity contribution in [1.82, 2.24) is 4.98 Å². The van der Waals surface area contributed by atoms with Gasteiger partial charge in [-0.3, -0.25) is 9.59 Å². The smallest absolute Gasteiger partial charge is 0.343 e. The SMILES string of the molecule is CCOC(=O)c1cc(C(=O)c2cccs2)c(CC)[nH]c1=O. The van der Waals surface area contributed by atoms with Gasteiger partial charge in [-0.15, -0.1) is 11.3 Å². The second-order valence-corrected chi connectivity index (χ2v) is 5.23. The Kier molecular flexibility index (Phi) is 4.70. The van der Waals surface area contributed by atoms with Gasteiger partial charge in [0, 0.05) is 11.3 Å². The first-order valence-electron chi connectivity index (χ1n) is 6.60. The molecule has 0 atom stereocenters. The Hall–Kier alpha value is -2.21. The summed E-state index contributed by atoms with van der Waals surface area (Å²) >= 11 is 1.32. The Labute approximate surface area is 125 Å². The zero-order valence-electron chi connectivity index (χ0n) is 11.8.